The van der Waals surface area contributed by atoms with E-state index in [1.54, 1.807) is 0 Å². The summed E-state index contributed by atoms with van der Waals surface area (Å²) in [5, 5.41) is 3.05. The molecule has 0 spiro atoms. The molecule has 3 heterocycles. The average Bonchev–Trinajstić information content (AvgIpc) is 2.83. The van der Waals surface area contributed by atoms with E-state index in [-0.39, 0.29) is 29.9 Å². The largest absolute Gasteiger partial charge is 0.378 e. The summed E-state index contributed by atoms with van der Waals surface area (Å²) in [5.41, 5.74) is 0. The van der Waals surface area contributed by atoms with Gasteiger partial charge in [0.25, 0.3) is 0 Å². The lowest BCUT2D eigenvalue weighted by Crippen LogP contribution is -2.56. The molecule has 5 heteroatoms. The van der Waals surface area contributed by atoms with Gasteiger partial charge in [-0.15, -0.1) is 0 Å². The Morgan fingerprint density at radius 1 is 1.37 bits per heavy atom. The van der Waals surface area contributed by atoms with Crippen molar-refractivity contribution in [1.82, 2.24) is 10.2 Å². The SMILES string of the molecule is CC1OCCC1C(=O)N1CCC2NC(=O)CCC2C1. The fraction of sp³-hybridized carbons (Fsp3) is 0.857. The molecule has 3 aliphatic rings. The molecule has 0 aromatic rings. The van der Waals surface area contributed by atoms with Gasteiger partial charge in [0.05, 0.1) is 12.0 Å². The zero-order valence-electron chi connectivity index (χ0n) is 11.4. The van der Waals surface area contributed by atoms with Crippen molar-refractivity contribution in [3.63, 3.8) is 0 Å². The van der Waals surface area contributed by atoms with E-state index in [0.717, 1.165) is 32.4 Å². The quantitative estimate of drug-likeness (QED) is 0.753. The van der Waals surface area contributed by atoms with Gasteiger partial charge in [-0.2, -0.15) is 0 Å². The summed E-state index contributed by atoms with van der Waals surface area (Å²) >= 11 is 0. The summed E-state index contributed by atoms with van der Waals surface area (Å²) in [6, 6.07) is 0.280. The molecule has 3 fully saturated rings. The number of rotatable bonds is 1. The summed E-state index contributed by atoms with van der Waals surface area (Å²) in [6.45, 7) is 4.26. The molecule has 5 nitrogen and oxygen atoms in total. The van der Waals surface area contributed by atoms with Crippen LogP contribution in [0.25, 0.3) is 0 Å². The van der Waals surface area contributed by atoms with Crippen LogP contribution in [0.15, 0.2) is 0 Å². The Morgan fingerprint density at radius 2 is 2.21 bits per heavy atom. The predicted octanol–water partition coefficient (Wildman–Crippen LogP) is 0.539. The fourth-order valence-corrected chi connectivity index (χ4v) is 3.60. The van der Waals surface area contributed by atoms with Gasteiger partial charge in [0.15, 0.2) is 0 Å². The van der Waals surface area contributed by atoms with Gasteiger partial charge in [0.2, 0.25) is 11.8 Å². The molecular formula is C14H22N2O3. The summed E-state index contributed by atoms with van der Waals surface area (Å²) in [6.07, 6.45) is 3.31. The molecule has 0 aliphatic carbocycles. The second kappa shape index (κ2) is 5.12. The number of ether oxygens (including phenoxy) is 1. The Labute approximate surface area is 113 Å². The van der Waals surface area contributed by atoms with Crippen LogP contribution in [0.3, 0.4) is 0 Å². The summed E-state index contributed by atoms with van der Waals surface area (Å²) in [7, 11) is 0. The molecule has 106 valence electrons. The summed E-state index contributed by atoms with van der Waals surface area (Å²) in [5.74, 6) is 0.891. The second-order valence-electron chi connectivity index (χ2n) is 6.02. The third-order valence-corrected chi connectivity index (χ3v) is 4.83. The lowest BCUT2D eigenvalue weighted by Gasteiger charge is -2.42. The maximum atomic E-state index is 12.5. The van der Waals surface area contributed by atoms with E-state index >= 15 is 0 Å². The van der Waals surface area contributed by atoms with Crippen molar-refractivity contribution in [3.05, 3.63) is 0 Å². The first kappa shape index (κ1) is 12.9. The topological polar surface area (TPSA) is 58.6 Å². The first-order valence-electron chi connectivity index (χ1n) is 7.35. The van der Waals surface area contributed by atoms with Gasteiger partial charge < -0.3 is 15.0 Å². The van der Waals surface area contributed by atoms with Crippen LogP contribution in [0, 0.1) is 11.8 Å². The molecule has 3 rings (SSSR count). The van der Waals surface area contributed by atoms with E-state index in [4.69, 9.17) is 4.74 Å². The van der Waals surface area contributed by atoms with Crippen LogP contribution in [0.4, 0.5) is 0 Å². The monoisotopic (exact) mass is 266 g/mol. The molecule has 0 aromatic heterocycles. The molecule has 0 bridgehead atoms. The number of amides is 2. The van der Waals surface area contributed by atoms with Crippen LogP contribution in [0.1, 0.15) is 32.6 Å². The number of hydrogen-bond donors (Lipinski definition) is 1. The van der Waals surface area contributed by atoms with Gasteiger partial charge in [0, 0.05) is 32.2 Å². The molecule has 3 aliphatic heterocycles. The van der Waals surface area contributed by atoms with Crippen LogP contribution < -0.4 is 5.32 Å². The molecule has 4 unspecified atom stereocenters. The van der Waals surface area contributed by atoms with E-state index in [1.807, 2.05) is 11.8 Å². The van der Waals surface area contributed by atoms with Gasteiger partial charge in [0.1, 0.15) is 0 Å². The van der Waals surface area contributed by atoms with Gasteiger partial charge >= 0.3 is 0 Å². The molecule has 1 N–H and O–H groups in total. The normalized spacial score (nSPS) is 38.8. The third kappa shape index (κ3) is 2.48. The van der Waals surface area contributed by atoms with Crippen LogP contribution in [-0.4, -0.2) is 48.6 Å². The molecule has 4 atom stereocenters. The third-order valence-electron chi connectivity index (χ3n) is 4.83. The molecule has 2 amide bonds. The number of carbonyl (C=O) groups excluding carboxylic acids is 2. The Hall–Kier alpha value is -1.10. The average molecular weight is 266 g/mol. The van der Waals surface area contributed by atoms with Gasteiger partial charge in [-0.1, -0.05) is 0 Å². The number of fused-ring (bicyclic) bond motifs is 1. The molecule has 3 saturated heterocycles. The Morgan fingerprint density at radius 3 is 2.95 bits per heavy atom. The molecule has 0 saturated carbocycles. The minimum Gasteiger partial charge on any atom is -0.378 e. The standard InChI is InChI=1S/C14H22N2O3/c1-9-11(5-7-19-9)14(18)16-6-4-12-10(8-16)2-3-13(17)15-12/h9-12H,2-8H2,1H3,(H,15,17). The van der Waals surface area contributed by atoms with E-state index in [9.17, 15) is 9.59 Å². The number of hydrogen-bond acceptors (Lipinski definition) is 3. The number of piperidine rings is 2. The maximum Gasteiger partial charge on any atom is 0.228 e. The van der Waals surface area contributed by atoms with Crippen LogP contribution in [0.2, 0.25) is 0 Å². The van der Waals surface area contributed by atoms with Crippen LogP contribution in [0.5, 0.6) is 0 Å². The minimum atomic E-state index is 0.0368. The Bertz CT molecular complexity index is 385. The number of nitrogens with one attached hydrogen (secondary N) is 1. The summed E-state index contributed by atoms with van der Waals surface area (Å²) < 4.78 is 5.49. The molecule has 19 heavy (non-hydrogen) atoms. The van der Waals surface area contributed by atoms with Crippen molar-refractivity contribution in [2.24, 2.45) is 11.8 Å². The zero-order chi connectivity index (χ0) is 13.4. The minimum absolute atomic E-state index is 0.0368. The molecular weight excluding hydrogens is 244 g/mol. The first-order chi connectivity index (χ1) is 9.15. The van der Waals surface area contributed by atoms with Gasteiger partial charge in [-0.05, 0) is 32.1 Å². The van der Waals surface area contributed by atoms with Crippen molar-refractivity contribution < 1.29 is 14.3 Å². The van der Waals surface area contributed by atoms with Crippen LogP contribution >= 0.6 is 0 Å². The van der Waals surface area contributed by atoms with Crippen molar-refractivity contribution >= 4 is 11.8 Å². The molecule has 0 radical (unpaired) electrons. The Kier molecular flexibility index (Phi) is 3.48. The van der Waals surface area contributed by atoms with Crippen molar-refractivity contribution in [2.45, 2.75) is 44.8 Å². The highest BCUT2D eigenvalue weighted by Gasteiger charge is 2.39. The van der Waals surface area contributed by atoms with Gasteiger partial charge in [-0.3, -0.25) is 9.59 Å². The molecule has 0 aromatic carbocycles. The second-order valence-corrected chi connectivity index (χ2v) is 6.02. The van der Waals surface area contributed by atoms with Crippen molar-refractivity contribution in [2.75, 3.05) is 19.7 Å². The highest BCUT2D eigenvalue weighted by Crippen LogP contribution is 2.29. The fourth-order valence-electron chi connectivity index (χ4n) is 3.60. The highest BCUT2D eigenvalue weighted by atomic mass is 16.5. The van der Waals surface area contributed by atoms with Crippen molar-refractivity contribution in [1.29, 1.82) is 0 Å². The predicted molar refractivity (Wildman–Crippen MR) is 69.4 cm³/mol. The highest BCUT2D eigenvalue weighted by molar-refractivity contribution is 5.80. The first-order valence-corrected chi connectivity index (χ1v) is 7.35. The zero-order valence-corrected chi connectivity index (χ0v) is 11.4. The van der Waals surface area contributed by atoms with E-state index in [0.29, 0.717) is 18.9 Å². The van der Waals surface area contributed by atoms with E-state index < -0.39 is 0 Å². The number of likely N-dealkylation sites (tertiary alicyclic amines) is 1. The Balaban J connectivity index is 1.61. The van der Waals surface area contributed by atoms with E-state index in [2.05, 4.69) is 5.32 Å². The van der Waals surface area contributed by atoms with Crippen molar-refractivity contribution in [3.8, 4) is 0 Å². The van der Waals surface area contributed by atoms with Crippen LogP contribution in [-0.2, 0) is 14.3 Å². The number of carbonyl (C=O) groups is 2. The summed E-state index contributed by atoms with van der Waals surface area (Å²) in [4.78, 5) is 25.9. The maximum absolute atomic E-state index is 12.5. The smallest absolute Gasteiger partial charge is 0.228 e. The van der Waals surface area contributed by atoms with E-state index in [1.165, 1.54) is 0 Å². The lowest BCUT2D eigenvalue weighted by atomic mass is 9.84. The van der Waals surface area contributed by atoms with Gasteiger partial charge in [-0.25, -0.2) is 0 Å². The lowest BCUT2D eigenvalue weighted by molar-refractivity contribution is -0.140. The number of nitrogens with zero attached hydrogens (tertiary/aromatic N) is 1.